The lowest BCUT2D eigenvalue weighted by atomic mass is 10.0. The molecule has 0 amide bonds. The molecule has 3 fully saturated rings. The number of halogens is 1. The van der Waals surface area contributed by atoms with Crippen molar-refractivity contribution >= 4 is 17.3 Å². The smallest absolute Gasteiger partial charge is 0.0674 e. The summed E-state index contributed by atoms with van der Waals surface area (Å²) in [6, 6.07) is 8.33. The lowest BCUT2D eigenvalue weighted by Gasteiger charge is -2.35. The Hall–Kier alpha value is -0.810. The summed E-state index contributed by atoms with van der Waals surface area (Å²) in [6.07, 6.45) is 4.04. The average molecular weight is 364 g/mol. The van der Waals surface area contributed by atoms with E-state index in [0.717, 1.165) is 36.8 Å². The SMILES string of the molecule is Cc1ccc(N2CCC(N[C@@H]3C[C@H]4CO[C@@H](C)CN4C3)CC2)cc1Cl. The summed E-state index contributed by atoms with van der Waals surface area (Å²) >= 11 is 6.29. The Balaban J connectivity index is 1.27. The second-order valence-corrected chi connectivity index (χ2v) is 8.45. The highest BCUT2D eigenvalue weighted by molar-refractivity contribution is 6.31. The zero-order valence-electron chi connectivity index (χ0n) is 15.4. The second-order valence-electron chi connectivity index (χ2n) is 8.05. The van der Waals surface area contributed by atoms with Crippen LogP contribution >= 0.6 is 11.6 Å². The summed E-state index contributed by atoms with van der Waals surface area (Å²) in [5.41, 5.74) is 2.41. The van der Waals surface area contributed by atoms with Gasteiger partial charge in [-0.3, -0.25) is 4.90 Å². The Bertz CT molecular complexity index is 603. The number of morpholine rings is 1. The Labute approximate surface area is 156 Å². The molecule has 3 heterocycles. The van der Waals surface area contributed by atoms with Crippen molar-refractivity contribution < 1.29 is 4.74 Å². The quantitative estimate of drug-likeness (QED) is 0.893. The van der Waals surface area contributed by atoms with Crippen molar-refractivity contribution in [2.45, 2.75) is 57.3 Å². The Kier molecular flexibility index (Phi) is 5.23. The fraction of sp³-hybridized carbons (Fsp3) is 0.700. The molecule has 0 unspecified atom stereocenters. The molecule has 0 spiro atoms. The Morgan fingerprint density at radius 1 is 1.16 bits per heavy atom. The number of benzene rings is 1. The fourth-order valence-corrected chi connectivity index (χ4v) is 4.75. The number of rotatable bonds is 3. The first-order valence-corrected chi connectivity index (χ1v) is 10.1. The summed E-state index contributed by atoms with van der Waals surface area (Å²) < 4.78 is 5.82. The summed E-state index contributed by atoms with van der Waals surface area (Å²) in [4.78, 5) is 5.09. The number of fused-ring (bicyclic) bond motifs is 1. The molecule has 25 heavy (non-hydrogen) atoms. The van der Waals surface area contributed by atoms with Gasteiger partial charge in [-0.05, 0) is 50.8 Å². The molecule has 3 aliphatic heterocycles. The highest BCUT2D eigenvalue weighted by Gasteiger charge is 2.37. The largest absolute Gasteiger partial charge is 0.376 e. The summed E-state index contributed by atoms with van der Waals surface area (Å²) in [7, 11) is 0. The van der Waals surface area contributed by atoms with Crippen LogP contribution in [0.5, 0.6) is 0 Å². The van der Waals surface area contributed by atoms with Crippen LogP contribution in [0.4, 0.5) is 5.69 Å². The maximum atomic E-state index is 6.29. The molecule has 3 aliphatic rings. The van der Waals surface area contributed by atoms with Gasteiger partial charge in [-0.1, -0.05) is 17.7 Å². The standard InChI is InChI=1S/C20H30ClN3O/c1-14-3-4-18(10-20(14)21)23-7-5-16(6-8-23)22-17-9-19-13-25-15(2)11-24(19)12-17/h3-4,10,15-17,19,22H,5-9,11-13H2,1-2H3/t15-,17+,19-/m0/s1. The molecular formula is C20H30ClN3O. The minimum absolute atomic E-state index is 0.388. The molecule has 0 radical (unpaired) electrons. The summed E-state index contributed by atoms with van der Waals surface area (Å²) in [5.74, 6) is 0. The van der Waals surface area contributed by atoms with Gasteiger partial charge in [-0.15, -0.1) is 0 Å². The van der Waals surface area contributed by atoms with Crippen molar-refractivity contribution in [2.24, 2.45) is 0 Å². The molecule has 1 N–H and O–H groups in total. The number of nitrogens with zero attached hydrogens (tertiary/aromatic N) is 2. The molecule has 0 saturated carbocycles. The first kappa shape index (κ1) is 17.6. The van der Waals surface area contributed by atoms with Crippen molar-refractivity contribution in [1.82, 2.24) is 10.2 Å². The van der Waals surface area contributed by atoms with Crippen LogP contribution in [-0.4, -0.2) is 61.9 Å². The van der Waals surface area contributed by atoms with E-state index in [-0.39, 0.29) is 0 Å². The molecule has 5 heteroatoms. The zero-order valence-corrected chi connectivity index (χ0v) is 16.1. The maximum Gasteiger partial charge on any atom is 0.0674 e. The van der Waals surface area contributed by atoms with E-state index in [1.54, 1.807) is 0 Å². The topological polar surface area (TPSA) is 27.7 Å². The normalized spacial score (nSPS) is 31.3. The van der Waals surface area contributed by atoms with Gasteiger partial charge >= 0.3 is 0 Å². The molecule has 3 saturated heterocycles. The molecule has 0 aliphatic carbocycles. The van der Waals surface area contributed by atoms with Gasteiger partial charge in [-0.25, -0.2) is 0 Å². The van der Waals surface area contributed by atoms with Gasteiger partial charge in [0.05, 0.1) is 12.7 Å². The van der Waals surface area contributed by atoms with E-state index in [4.69, 9.17) is 16.3 Å². The summed E-state index contributed by atoms with van der Waals surface area (Å²) in [6.45, 7) is 9.65. The van der Waals surface area contributed by atoms with Gasteiger partial charge in [0.2, 0.25) is 0 Å². The van der Waals surface area contributed by atoms with E-state index in [1.807, 2.05) is 0 Å². The molecule has 1 aromatic rings. The van der Waals surface area contributed by atoms with E-state index in [1.165, 1.54) is 31.5 Å². The number of aryl methyl sites for hydroxylation is 1. The van der Waals surface area contributed by atoms with Crippen molar-refractivity contribution in [3.63, 3.8) is 0 Å². The van der Waals surface area contributed by atoms with Gasteiger partial charge in [0.1, 0.15) is 0 Å². The third kappa shape index (κ3) is 3.97. The molecule has 1 aromatic carbocycles. The van der Waals surface area contributed by atoms with Crippen molar-refractivity contribution in [3.05, 3.63) is 28.8 Å². The number of piperidine rings is 1. The van der Waals surface area contributed by atoms with Crippen LogP contribution in [0, 0.1) is 6.92 Å². The van der Waals surface area contributed by atoms with E-state index in [0.29, 0.717) is 24.2 Å². The summed E-state index contributed by atoms with van der Waals surface area (Å²) in [5, 5.41) is 4.80. The zero-order chi connectivity index (χ0) is 17.4. The molecule has 0 aromatic heterocycles. The second kappa shape index (κ2) is 7.43. The molecule has 4 rings (SSSR count). The van der Waals surface area contributed by atoms with E-state index < -0.39 is 0 Å². The van der Waals surface area contributed by atoms with Crippen molar-refractivity contribution in [2.75, 3.05) is 37.7 Å². The molecule has 4 nitrogen and oxygen atoms in total. The van der Waals surface area contributed by atoms with Crippen molar-refractivity contribution in [1.29, 1.82) is 0 Å². The van der Waals surface area contributed by atoms with Crippen LogP contribution in [0.3, 0.4) is 0 Å². The molecule has 138 valence electrons. The van der Waals surface area contributed by atoms with Crippen LogP contribution in [0.2, 0.25) is 5.02 Å². The highest BCUT2D eigenvalue weighted by Crippen LogP contribution is 2.27. The van der Waals surface area contributed by atoms with Crippen LogP contribution in [0.15, 0.2) is 18.2 Å². The van der Waals surface area contributed by atoms with Crippen LogP contribution in [0.25, 0.3) is 0 Å². The van der Waals surface area contributed by atoms with Gasteiger partial charge in [0.15, 0.2) is 0 Å². The highest BCUT2D eigenvalue weighted by atomic mass is 35.5. The fourth-order valence-electron chi connectivity index (χ4n) is 4.58. The van der Waals surface area contributed by atoms with Gasteiger partial charge in [0, 0.05) is 55.0 Å². The van der Waals surface area contributed by atoms with Gasteiger partial charge in [0.25, 0.3) is 0 Å². The minimum Gasteiger partial charge on any atom is -0.376 e. The van der Waals surface area contributed by atoms with Crippen LogP contribution in [0.1, 0.15) is 31.7 Å². The first-order valence-electron chi connectivity index (χ1n) is 9.71. The predicted octanol–water partition coefficient (Wildman–Crippen LogP) is 3.07. The third-order valence-corrected chi connectivity index (χ3v) is 6.49. The number of ether oxygens (including phenoxy) is 1. The number of nitrogens with one attached hydrogen (secondary N) is 1. The Morgan fingerprint density at radius 2 is 1.96 bits per heavy atom. The lowest BCUT2D eigenvalue weighted by molar-refractivity contribution is -0.0390. The number of hydrogen-bond donors (Lipinski definition) is 1. The van der Waals surface area contributed by atoms with Crippen LogP contribution < -0.4 is 10.2 Å². The molecular weight excluding hydrogens is 334 g/mol. The monoisotopic (exact) mass is 363 g/mol. The average Bonchev–Trinajstić information content (AvgIpc) is 2.99. The lowest BCUT2D eigenvalue weighted by Crippen LogP contribution is -2.47. The molecule has 0 bridgehead atoms. The number of hydrogen-bond acceptors (Lipinski definition) is 4. The third-order valence-electron chi connectivity index (χ3n) is 6.08. The van der Waals surface area contributed by atoms with E-state index in [2.05, 4.69) is 47.2 Å². The first-order chi connectivity index (χ1) is 12.1. The van der Waals surface area contributed by atoms with E-state index in [9.17, 15) is 0 Å². The van der Waals surface area contributed by atoms with E-state index >= 15 is 0 Å². The minimum atomic E-state index is 0.388. The van der Waals surface area contributed by atoms with Crippen molar-refractivity contribution in [3.8, 4) is 0 Å². The van der Waals surface area contributed by atoms with Gasteiger partial charge < -0.3 is 15.0 Å². The maximum absolute atomic E-state index is 6.29. The predicted molar refractivity (Wildman–Crippen MR) is 104 cm³/mol. The van der Waals surface area contributed by atoms with Gasteiger partial charge in [-0.2, -0.15) is 0 Å². The number of anilines is 1. The Morgan fingerprint density at radius 3 is 2.72 bits per heavy atom. The van der Waals surface area contributed by atoms with Crippen LogP contribution in [-0.2, 0) is 4.74 Å². The molecule has 3 atom stereocenters.